The van der Waals surface area contributed by atoms with E-state index in [2.05, 4.69) is 42.5 Å². The Bertz CT molecular complexity index is 2920. The third-order valence-electron chi connectivity index (χ3n) is 15.2. The quantitative estimate of drug-likeness (QED) is 0.0510. The molecule has 93 heavy (non-hydrogen) atoms. The number of methoxy groups -OCH3 is 1. The van der Waals surface area contributed by atoms with Gasteiger partial charge in [-0.05, 0) is 55.0 Å². The van der Waals surface area contributed by atoms with Crippen LogP contribution in [0.4, 0.5) is 0 Å². The summed E-state index contributed by atoms with van der Waals surface area (Å²) in [7, 11) is 1.58. The summed E-state index contributed by atoms with van der Waals surface area (Å²) < 4.78 is 27.4. The van der Waals surface area contributed by atoms with Crippen LogP contribution in [0.3, 0.4) is 0 Å². The Morgan fingerprint density at radius 2 is 0.495 bits per heavy atom. The van der Waals surface area contributed by atoms with Crippen LogP contribution >= 0.6 is 0 Å². The molecule has 0 atom stereocenters. The van der Waals surface area contributed by atoms with Gasteiger partial charge >= 0.3 is 0 Å². The van der Waals surface area contributed by atoms with E-state index in [1.165, 1.54) is 72.8 Å². The minimum Gasteiger partial charge on any atom is -0.506 e. The van der Waals surface area contributed by atoms with E-state index in [0.29, 0.717) is 98.7 Å². The van der Waals surface area contributed by atoms with Crippen LogP contribution < -0.4 is 42.5 Å². The molecule has 0 spiro atoms. The zero-order valence-electron chi connectivity index (χ0n) is 53.0. The summed E-state index contributed by atoms with van der Waals surface area (Å²) >= 11 is 0. The van der Waals surface area contributed by atoms with Crippen LogP contribution in [0.5, 0.6) is 23.0 Å². The molecule has 4 aromatic carbocycles. The smallest absolute Gasteiger partial charge is 0.255 e. The fourth-order valence-electron chi connectivity index (χ4n) is 9.96. The predicted molar refractivity (Wildman–Crippen MR) is 342 cm³/mol. The normalized spacial score (nSPS) is 17.1. The highest BCUT2D eigenvalue weighted by molar-refractivity contribution is 6.06. The first-order valence-corrected chi connectivity index (χ1v) is 31.3. The number of ether oxygens (including phenoxy) is 5. The number of rotatable bonds is 20. The number of benzene rings is 4. The number of para-hydroxylation sites is 4. The molecule has 2 aliphatic rings. The number of fused-ring (bicyclic) bond motifs is 8. The highest BCUT2D eigenvalue weighted by Crippen LogP contribution is 2.26. The van der Waals surface area contributed by atoms with Gasteiger partial charge in [0.15, 0.2) is 0 Å². The van der Waals surface area contributed by atoms with Gasteiger partial charge in [-0.1, -0.05) is 31.2 Å². The van der Waals surface area contributed by atoms with Crippen LogP contribution in [0.2, 0.25) is 0 Å². The molecule has 0 radical (unpaired) electrons. The van der Waals surface area contributed by atoms with Crippen molar-refractivity contribution in [2.24, 2.45) is 0 Å². The first-order valence-electron chi connectivity index (χ1n) is 31.3. The summed E-state index contributed by atoms with van der Waals surface area (Å²) in [6.07, 6.45) is 0.878. The van der Waals surface area contributed by atoms with Crippen molar-refractivity contribution in [1.29, 1.82) is 0 Å². The van der Waals surface area contributed by atoms with Crippen molar-refractivity contribution in [2.75, 3.05) is 197 Å². The maximum Gasteiger partial charge on any atom is 0.255 e. The van der Waals surface area contributed by atoms with E-state index in [4.69, 9.17) is 23.7 Å². The van der Waals surface area contributed by atoms with Gasteiger partial charge in [0.2, 0.25) is 0 Å². The van der Waals surface area contributed by atoms with Crippen LogP contribution in [0.15, 0.2) is 72.8 Å². The third-order valence-corrected chi connectivity index (χ3v) is 15.2. The molecular formula is C64H90N12O17. The van der Waals surface area contributed by atoms with Crippen LogP contribution in [0.1, 0.15) is 96.2 Å². The second kappa shape index (κ2) is 40.5. The lowest BCUT2D eigenvalue weighted by molar-refractivity contribution is 0.0196. The molecule has 2 aliphatic heterocycles. The average Bonchev–Trinajstić information content (AvgIpc) is 0.960. The fraction of sp³-hybridized carbons (Fsp3) is 0.500. The van der Waals surface area contributed by atoms with Gasteiger partial charge in [0.05, 0.1) is 97.4 Å². The van der Waals surface area contributed by atoms with Gasteiger partial charge in [-0.15, -0.1) is 0 Å². The standard InChI is InChI=1S/C64H90N12O17/c1-3-36-90-41-42-91-37-34-75-28-20-69-61(85)49-12-4-8-45(53(49)77)57(81)65-16-24-73(25-17-66-58(82)46-9-5-13-50(54(46)78)62(86)70-21-29-75)32-33-74-26-18-67-59(83)47-10-6-14-51(55(47)79)63(87)71-22-30-76(35-38-92-43-44-93-40-39-89-2)31-23-72-64(88)52-15-7-11-48(56(52)80)60(84)68-19-27-74/h4-15,77-80H,3,16-44H2,1-2H3,(H,65,81)(H,66,82)(H,67,83)(H,68,84)(H,69,85)(H,70,86)(H,71,87)(H,72,88). The summed E-state index contributed by atoms with van der Waals surface area (Å²) in [6, 6.07) is 17.0. The van der Waals surface area contributed by atoms with E-state index in [1.807, 2.05) is 26.5 Å². The Labute approximate surface area is 541 Å². The van der Waals surface area contributed by atoms with Crippen molar-refractivity contribution in [3.63, 3.8) is 0 Å². The van der Waals surface area contributed by atoms with E-state index in [1.54, 1.807) is 7.11 Å². The molecule has 0 aromatic heterocycles. The zero-order valence-corrected chi connectivity index (χ0v) is 53.0. The van der Waals surface area contributed by atoms with E-state index in [9.17, 15) is 58.8 Å². The highest BCUT2D eigenvalue weighted by atomic mass is 16.5. The Kier molecular flexibility index (Phi) is 32.0. The van der Waals surface area contributed by atoms with Crippen molar-refractivity contribution in [2.45, 2.75) is 13.3 Å². The number of nitrogens with zero attached hydrogens (tertiary/aromatic N) is 4. The number of nitrogens with one attached hydrogen (secondary N) is 8. The van der Waals surface area contributed by atoms with Gasteiger partial charge in [0.25, 0.3) is 47.3 Å². The average molecular weight is 1300 g/mol. The number of phenolic OH excluding ortho intramolecular Hbond substituents is 4. The minimum atomic E-state index is -0.678. The van der Waals surface area contributed by atoms with Gasteiger partial charge in [0.1, 0.15) is 23.0 Å². The van der Waals surface area contributed by atoms with E-state index >= 15 is 0 Å². The molecule has 0 saturated heterocycles. The van der Waals surface area contributed by atoms with Gasteiger partial charge in [0, 0.05) is 145 Å². The van der Waals surface area contributed by atoms with Crippen molar-refractivity contribution < 1.29 is 82.5 Å². The van der Waals surface area contributed by atoms with Crippen LogP contribution in [-0.4, -0.2) is 285 Å². The Balaban J connectivity index is 1.18. The maximum atomic E-state index is 13.8. The molecule has 29 nitrogen and oxygen atoms in total. The molecule has 2 heterocycles. The summed E-state index contributed by atoms with van der Waals surface area (Å²) in [5, 5.41) is 67.6. The number of aromatic hydroxyl groups is 4. The Hall–Kier alpha value is -8.52. The van der Waals surface area contributed by atoms with Crippen molar-refractivity contribution >= 4 is 47.3 Å². The lowest BCUT2D eigenvalue weighted by atomic mass is 10.1. The lowest BCUT2D eigenvalue weighted by Crippen LogP contribution is -2.46. The lowest BCUT2D eigenvalue weighted by Gasteiger charge is -2.28. The number of phenols is 4. The van der Waals surface area contributed by atoms with E-state index in [0.717, 1.165) is 6.42 Å². The largest absolute Gasteiger partial charge is 0.506 e. The SMILES string of the molecule is CCCOCCOCCN1CCNC(=O)c2cccc(c2O)C(=O)NCCN(CCN2CCNC(=O)c3cccc(c3O)C(=O)NCCN(CCOCCOCCOC)CCNC(=O)c3cccc(c3O)C(=O)NCC2)CCNC(=O)c2cccc(c2O)C(=O)NCC1. The van der Waals surface area contributed by atoms with Crippen LogP contribution in [0.25, 0.3) is 0 Å². The molecule has 0 aliphatic carbocycles. The molecule has 8 bridgehead atoms. The molecule has 29 heteroatoms. The number of hydrogen-bond acceptors (Lipinski definition) is 21. The number of amides is 8. The molecule has 6 rings (SSSR count). The molecule has 508 valence electrons. The van der Waals surface area contributed by atoms with Crippen LogP contribution in [0, 0.1) is 0 Å². The van der Waals surface area contributed by atoms with Crippen LogP contribution in [-0.2, 0) is 23.7 Å². The van der Waals surface area contributed by atoms with Gasteiger partial charge in [-0.25, -0.2) is 0 Å². The molecule has 0 fully saturated rings. The molecule has 4 aromatic rings. The number of carbonyl (C=O) groups is 8. The topological polar surface area (TPSA) is 373 Å². The second-order valence-electron chi connectivity index (χ2n) is 21.7. The van der Waals surface area contributed by atoms with E-state index < -0.39 is 70.3 Å². The summed E-state index contributed by atoms with van der Waals surface area (Å²) in [5.41, 5.74) is -1.16. The number of carbonyl (C=O) groups excluding carboxylic acids is 8. The predicted octanol–water partition coefficient (Wildman–Crippen LogP) is -0.194. The first-order chi connectivity index (χ1) is 45.1. The molecule has 0 saturated carbocycles. The number of hydrogen-bond donors (Lipinski definition) is 12. The minimum absolute atomic E-state index is 0.000140. The monoisotopic (exact) mass is 1300 g/mol. The Morgan fingerprint density at radius 1 is 0.301 bits per heavy atom. The second-order valence-corrected chi connectivity index (χ2v) is 21.7. The van der Waals surface area contributed by atoms with Crippen molar-refractivity contribution in [3.8, 4) is 23.0 Å². The first kappa shape index (κ1) is 73.5. The Morgan fingerprint density at radius 3 is 0.710 bits per heavy atom. The summed E-state index contributed by atoms with van der Waals surface area (Å²) in [4.78, 5) is 117. The summed E-state index contributed by atoms with van der Waals surface area (Å²) in [5.74, 6) is -7.38. The van der Waals surface area contributed by atoms with Gasteiger partial charge in [-0.3, -0.25) is 58.0 Å². The maximum absolute atomic E-state index is 13.8. The molecule has 0 unspecified atom stereocenters. The molecular weight excluding hydrogens is 1210 g/mol. The molecule has 12 N–H and O–H groups in total. The van der Waals surface area contributed by atoms with Crippen molar-refractivity contribution in [1.82, 2.24) is 62.1 Å². The zero-order chi connectivity index (χ0) is 66.7. The van der Waals surface area contributed by atoms with Crippen molar-refractivity contribution in [3.05, 3.63) is 117 Å². The highest BCUT2D eigenvalue weighted by Gasteiger charge is 2.25. The fourth-order valence-corrected chi connectivity index (χ4v) is 9.96. The van der Waals surface area contributed by atoms with Gasteiger partial charge in [-0.2, -0.15) is 0 Å². The van der Waals surface area contributed by atoms with E-state index in [-0.39, 0.29) is 136 Å². The van der Waals surface area contributed by atoms with Gasteiger partial charge < -0.3 is 86.6 Å². The molecule has 8 amide bonds. The summed E-state index contributed by atoms with van der Waals surface area (Å²) in [6.45, 7) is 9.13. The third kappa shape index (κ3) is 24.2.